The molecule has 6 bridgehead atoms. The van der Waals surface area contributed by atoms with Crippen LogP contribution in [-0.2, 0) is 52.8 Å². The van der Waals surface area contributed by atoms with Gasteiger partial charge in [-0.1, -0.05) is 70.2 Å². The molecule has 6 heterocycles. The van der Waals surface area contributed by atoms with Gasteiger partial charge >= 0.3 is 5.97 Å². The maximum absolute atomic E-state index is 14.8. The highest BCUT2D eigenvalue weighted by Gasteiger charge is 2.43. The number of pyridine rings is 1. The molecule has 4 aliphatic rings. The van der Waals surface area contributed by atoms with E-state index in [1.807, 2.05) is 63.4 Å². The number of benzene rings is 3. The number of ether oxygens (including phenoxy) is 3. The second-order valence-electron chi connectivity index (χ2n) is 21.3. The molecule has 0 radical (unpaired) electrons. The van der Waals surface area contributed by atoms with Gasteiger partial charge in [0, 0.05) is 94.3 Å². The van der Waals surface area contributed by atoms with Crippen LogP contribution in [0.3, 0.4) is 0 Å². The van der Waals surface area contributed by atoms with Crippen molar-refractivity contribution in [3.8, 4) is 28.1 Å². The number of likely N-dealkylation sites (N-methyl/N-ethyl adjacent to an activating group) is 1. The summed E-state index contributed by atoms with van der Waals surface area (Å²) in [6, 6.07) is 20.7. The molecule has 0 saturated carbocycles. The molecule has 3 amide bonds. The average molecular weight is 997 g/mol. The van der Waals surface area contributed by atoms with Crippen LogP contribution in [0.15, 0.2) is 79.0 Å². The molecule has 4 aliphatic heterocycles. The smallest absolute Gasteiger partial charge is 0.325 e. The Labute approximate surface area is 428 Å². The number of hydrogen-bond acceptors (Lipinski definition) is 12. The van der Waals surface area contributed by atoms with Crippen molar-refractivity contribution in [2.24, 2.45) is 11.3 Å². The Bertz CT molecular complexity index is 2840. The molecule has 0 aliphatic carbocycles. The first kappa shape index (κ1) is 51.6. The molecular weight excluding hydrogens is 925 g/mol. The molecule has 4 N–H and O–H groups in total. The van der Waals surface area contributed by atoms with Gasteiger partial charge in [-0.15, -0.1) is 0 Å². The third kappa shape index (κ3) is 10.7. The minimum absolute atomic E-state index is 0.00118. The van der Waals surface area contributed by atoms with Crippen LogP contribution in [-0.4, -0.2) is 133 Å². The second kappa shape index (κ2) is 21.6. The van der Waals surface area contributed by atoms with Crippen LogP contribution < -0.4 is 21.0 Å². The Balaban J connectivity index is 1.12. The SMILES string of the molecule is CCn1c(-c2cc(N3CCNCC3)cnc2[C@H](C)OC)c2c3cc(ccc31)-c1cc(O)cc(c1)C[C@H](NC(=O)[C@H](C(C)C)N(C)C(=O)[C@@H]1OCC[C@@H]1c1ccccc1)C(=O)N1CCC(N1)C(=O)OCC(C)(C)C2. The lowest BCUT2D eigenvalue weighted by molar-refractivity contribution is -0.150. The molecule has 3 saturated heterocycles. The molecule has 3 aromatic carbocycles. The van der Waals surface area contributed by atoms with Crippen LogP contribution in [0.25, 0.3) is 33.3 Å². The number of phenols is 1. The van der Waals surface area contributed by atoms with E-state index in [2.05, 4.69) is 70.6 Å². The third-order valence-electron chi connectivity index (χ3n) is 15.2. The van der Waals surface area contributed by atoms with Crippen molar-refractivity contribution in [3.05, 3.63) is 101 Å². The highest BCUT2D eigenvalue weighted by molar-refractivity contribution is 5.96. The minimum atomic E-state index is -1.16. The van der Waals surface area contributed by atoms with Crippen molar-refractivity contribution in [1.82, 2.24) is 35.5 Å². The molecule has 16 nitrogen and oxygen atoms in total. The maximum atomic E-state index is 14.8. The molecule has 2 aromatic heterocycles. The first-order valence-electron chi connectivity index (χ1n) is 26.0. The van der Waals surface area contributed by atoms with E-state index in [1.54, 1.807) is 26.3 Å². The van der Waals surface area contributed by atoms with E-state index < -0.39 is 47.4 Å². The van der Waals surface area contributed by atoms with Gasteiger partial charge in [-0.3, -0.25) is 29.2 Å². The van der Waals surface area contributed by atoms with Gasteiger partial charge in [-0.05, 0) is 97.2 Å². The fourth-order valence-electron chi connectivity index (χ4n) is 11.4. The summed E-state index contributed by atoms with van der Waals surface area (Å²) in [5, 5.41) is 20.4. The summed E-state index contributed by atoms with van der Waals surface area (Å²) in [6.45, 7) is 16.9. The van der Waals surface area contributed by atoms with Crippen LogP contribution >= 0.6 is 0 Å². The number of methoxy groups -OCH3 is 1. The zero-order valence-corrected chi connectivity index (χ0v) is 43.6. The highest BCUT2D eigenvalue weighted by atomic mass is 16.5. The van der Waals surface area contributed by atoms with Crippen LogP contribution in [0.1, 0.15) is 88.8 Å². The van der Waals surface area contributed by atoms with Gasteiger partial charge in [0.2, 0.25) is 5.91 Å². The quantitative estimate of drug-likeness (QED) is 0.105. The number of aromatic hydroxyl groups is 1. The highest BCUT2D eigenvalue weighted by Crippen LogP contribution is 2.43. The van der Waals surface area contributed by atoms with E-state index >= 15 is 0 Å². The number of carbonyl (C=O) groups is 4. The van der Waals surface area contributed by atoms with Crippen molar-refractivity contribution in [2.75, 3.05) is 65.0 Å². The molecule has 0 spiro atoms. The van der Waals surface area contributed by atoms with Crippen LogP contribution in [0.4, 0.5) is 5.69 Å². The summed E-state index contributed by atoms with van der Waals surface area (Å²) in [7, 11) is 3.31. The van der Waals surface area contributed by atoms with Gasteiger partial charge < -0.3 is 44.3 Å². The van der Waals surface area contributed by atoms with Crippen molar-refractivity contribution < 1.29 is 38.5 Å². The third-order valence-corrected chi connectivity index (χ3v) is 15.2. The molecule has 6 atom stereocenters. The second-order valence-corrected chi connectivity index (χ2v) is 21.3. The van der Waals surface area contributed by atoms with E-state index in [0.717, 1.165) is 82.0 Å². The number of rotatable bonds is 11. The van der Waals surface area contributed by atoms with Gasteiger partial charge in [0.25, 0.3) is 11.8 Å². The standard InChI is InChI=1S/C57H72N8O8/c1-9-64-48-16-15-38-29-43(48)45(51(64)44-30-40(63-22-19-58-20-23-63)32-59-49(44)35(4)71-8)31-57(5,6)33-73-56(70)46-17-21-65(61-46)54(68)47(27-36-25-39(38)28-41(66)26-36)60-53(67)50(34(2)3)62(7)55(69)52-42(18-24-72-52)37-13-11-10-12-14-37/h10-16,25-26,28-30,32,34-35,42,46-47,50,52,58,61,66H,9,17-24,27,31,33H2,1-8H3,(H,60,67)/t35-,42+,46?,47-,50-,52+/m0/s1. The number of fused-ring (bicyclic) bond motifs is 6. The van der Waals surface area contributed by atoms with Gasteiger partial charge in [0.05, 0.1) is 36.0 Å². The lowest BCUT2D eigenvalue weighted by Crippen LogP contribution is -2.59. The Morgan fingerprint density at radius 3 is 2.48 bits per heavy atom. The van der Waals surface area contributed by atoms with Gasteiger partial charge in [0.15, 0.2) is 0 Å². The Morgan fingerprint density at radius 1 is 0.986 bits per heavy atom. The summed E-state index contributed by atoms with van der Waals surface area (Å²) in [4.78, 5) is 66.7. The monoisotopic (exact) mass is 997 g/mol. The average Bonchev–Trinajstić information content (AvgIpc) is 4.16. The number of nitrogens with zero attached hydrogens (tertiary/aromatic N) is 5. The maximum Gasteiger partial charge on any atom is 0.325 e. The van der Waals surface area contributed by atoms with E-state index in [9.17, 15) is 24.3 Å². The number of aryl methyl sites for hydroxylation is 1. The van der Waals surface area contributed by atoms with Crippen LogP contribution in [0.5, 0.6) is 5.75 Å². The lowest BCUT2D eigenvalue weighted by Gasteiger charge is -2.34. The molecule has 5 aromatic rings. The van der Waals surface area contributed by atoms with Gasteiger partial charge in [-0.25, -0.2) is 5.43 Å². The normalized spacial score (nSPS) is 22.3. The number of nitrogens with one attached hydrogen (secondary N) is 3. The number of hydrogen-bond donors (Lipinski definition) is 4. The van der Waals surface area contributed by atoms with Crippen molar-refractivity contribution in [3.63, 3.8) is 0 Å². The zero-order chi connectivity index (χ0) is 51.7. The molecule has 9 rings (SSSR count). The van der Waals surface area contributed by atoms with Crippen LogP contribution in [0.2, 0.25) is 0 Å². The largest absolute Gasteiger partial charge is 0.508 e. The number of aromatic nitrogens is 2. The number of phenolic OH excluding ortho intramolecular Hbond substituents is 1. The van der Waals surface area contributed by atoms with E-state index in [4.69, 9.17) is 19.2 Å². The predicted octanol–water partition coefficient (Wildman–Crippen LogP) is 6.53. The van der Waals surface area contributed by atoms with E-state index in [1.165, 1.54) is 9.91 Å². The fraction of sp³-hybridized carbons (Fsp3) is 0.491. The Hall–Kier alpha value is -6.33. The first-order chi connectivity index (χ1) is 35.0. The summed E-state index contributed by atoms with van der Waals surface area (Å²) >= 11 is 0. The van der Waals surface area contributed by atoms with Crippen LogP contribution in [0, 0.1) is 11.3 Å². The van der Waals surface area contributed by atoms with E-state index in [0.29, 0.717) is 38.0 Å². The predicted molar refractivity (Wildman–Crippen MR) is 281 cm³/mol. The topological polar surface area (TPSA) is 180 Å². The minimum Gasteiger partial charge on any atom is -0.508 e. The number of cyclic esters (lactones) is 1. The number of amides is 3. The van der Waals surface area contributed by atoms with Crippen molar-refractivity contribution in [1.29, 1.82) is 0 Å². The molecular formula is C57H72N8O8. The Morgan fingerprint density at radius 2 is 1.75 bits per heavy atom. The number of anilines is 1. The first-order valence-corrected chi connectivity index (χ1v) is 26.0. The lowest BCUT2D eigenvalue weighted by atomic mass is 9.84. The Kier molecular flexibility index (Phi) is 15.3. The number of piperazine rings is 1. The number of carbonyl (C=O) groups excluding carboxylic acids is 4. The van der Waals surface area contributed by atoms with Crippen molar-refractivity contribution >= 4 is 40.3 Å². The number of hydrazine groups is 1. The summed E-state index contributed by atoms with van der Waals surface area (Å²) < 4.78 is 20.5. The number of esters is 1. The summed E-state index contributed by atoms with van der Waals surface area (Å²) in [6.07, 6.45) is 2.37. The molecule has 1 unspecified atom stereocenters. The van der Waals surface area contributed by atoms with E-state index in [-0.39, 0.29) is 49.2 Å². The molecule has 16 heteroatoms. The molecule has 3 fully saturated rings. The zero-order valence-electron chi connectivity index (χ0n) is 43.6. The van der Waals surface area contributed by atoms with Crippen molar-refractivity contribution in [2.45, 2.75) is 110 Å². The van der Waals surface area contributed by atoms with Gasteiger partial charge in [0.1, 0.15) is 30.0 Å². The summed E-state index contributed by atoms with van der Waals surface area (Å²) in [5.41, 5.74) is 11.6. The fourth-order valence-corrected chi connectivity index (χ4v) is 11.4. The van der Waals surface area contributed by atoms with Gasteiger partial charge in [-0.2, -0.15) is 0 Å². The molecule has 73 heavy (non-hydrogen) atoms. The summed E-state index contributed by atoms with van der Waals surface area (Å²) in [5.74, 6) is -2.28. The molecule has 388 valence electrons.